The summed E-state index contributed by atoms with van der Waals surface area (Å²) >= 11 is 0. The molecule has 0 spiro atoms. The Morgan fingerprint density at radius 3 is 2.94 bits per heavy atom. The summed E-state index contributed by atoms with van der Waals surface area (Å²) in [6.07, 6.45) is 1.50. The zero-order chi connectivity index (χ0) is 12.1. The first kappa shape index (κ1) is 11.0. The Hall–Kier alpha value is -2.51. The summed E-state index contributed by atoms with van der Waals surface area (Å²) in [6, 6.07) is 3.41. The topological polar surface area (TPSA) is 108 Å². The number of aromatic amines is 1. The minimum atomic E-state index is -0.232. The molecule has 17 heavy (non-hydrogen) atoms. The number of carbonyl (C=O) groups excluding carboxylic acids is 1. The highest BCUT2D eigenvalue weighted by Crippen LogP contribution is 2.03. The van der Waals surface area contributed by atoms with Crippen LogP contribution in [0, 0.1) is 0 Å². The van der Waals surface area contributed by atoms with E-state index in [9.17, 15) is 4.79 Å². The van der Waals surface area contributed by atoms with Gasteiger partial charge in [-0.1, -0.05) is 5.21 Å². The number of hydrogen-bond donors (Lipinski definition) is 3. The number of tetrazole rings is 1. The summed E-state index contributed by atoms with van der Waals surface area (Å²) in [5.74, 6) is 0.905. The van der Waals surface area contributed by atoms with Crippen LogP contribution in [0.5, 0.6) is 0 Å². The van der Waals surface area contributed by atoms with Crippen LogP contribution in [-0.2, 0) is 6.54 Å². The third-order valence-electron chi connectivity index (χ3n) is 2.08. The molecule has 0 atom stereocenters. The smallest absolute Gasteiger partial charge is 0.253 e. The number of carbonyl (C=O) groups is 1. The van der Waals surface area contributed by atoms with E-state index in [1.165, 1.54) is 6.20 Å². The van der Waals surface area contributed by atoms with E-state index in [0.717, 1.165) is 0 Å². The van der Waals surface area contributed by atoms with E-state index in [1.807, 2.05) is 0 Å². The SMILES string of the molecule is CNc1ccc(C(=O)NCc2nn[nH]n2)cn1. The summed E-state index contributed by atoms with van der Waals surface area (Å²) in [7, 11) is 1.76. The van der Waals surface area contributed by atoms with Crippen molar-refractivity contribution in [2.75, 3.05) is 12.4 Å². The highest BCUT2D eigenvalue weighted by Gasteiger charge is 2.07. The van der Waals surface area contributed by atoms with Gasteiger partial charge >= 0.3 is 0 Å². The minimum absolute atomic E-state index is 0.225. The van der Waals surface area contributed by atoms with Gasteiger partial charge in [0.1, 0.15) is 5.82 Å². The lowest BCUT2D eigenvalue weighted by Gasteiger charge is -2.03. The molecule has 0 saturated carbocycles. The summed E-state index contributed by atoms with van der Waals surface area (Å²) < 4.78 is 0. The number of anilines is 1. The fourth-order valence-electron chi connectivity index (χ4n) is 1.19. The second-order valence-corrected chi connectivity index (χ2v) is 3.19. The summed E-state index contributed by atoms with van der Waals surface area (Å²) in [4.78, 5) is 15.7. The Bertz CT molecular complexity index is 479. The molecule has 8 heteroatoms. The van der Waals surface area contributed by atoms with E-state index in [-0.39, 0.29) is 12.5 Å². The van der Waals surface area contributed by atoms with Gasteiger partial charge in [-0.15, -0.1) is 10.2 Å². The summed E-state index contributed by atoms with van der Waals surface area (Å²) in [5.41, 5.74) is 0.479. The van der Waals surface area contributed by atoms with Crippen molar-refractivity contribution in [2.45, 2.75) is 6.54 Å². The standard InChI is InChI=1S/C9H11N7O/c1-10-7-3-2-6(4-11-7)9(17)12-5-8-13-15-16-14-8/h2-4H,5H2,1H3,(H,10,11)(H,12,17)(H,13,14,15,16). The number of hydrogen-bond acceptors (Lipinski definition) is 6. The number of nitrogens with one attached hydrogen (secondary N) is 3. The lowest BCUT2D eigenvalue weighted by atomic mass is 10.2. The fourth-order valence-corrected chi connectivity index (χ4v) is 1.19. The molecule has 88 valence electrons. The van der Waals surface area contributed by atoms with Gasteiger partial charge in [0.15, 0.2) is 5.82 Å². The molecule has 0 aliphatic rings. The third kappa shape index (κ3) is 2.74. The van der Waals surface area contributed by atoms with Gasteiger partial charge in [0.05, 0.1) is 12.1 Å². The Morgan fingerprint density at radius 2 is 2.35 bits per heavy atom. The highest BCUT2D eigenvalue weighted by atomic mass is 16.1. The van der Waals surface area contributed by atoms with Crippen LogP contribution in [0.2, 0.25) is 0 Å². The van der Waals surface area contributed by atoms with Crippen LogP contribution in [0.1, 0.15) is 16.2 Å². The second-order valence-electron chi connectivity index (χ2n) is 3.19. The molecule has 0 aliphatic heterocycles. The van der Waals surface area contributed by atoms with Crippen LogP contribution in [0.25, 0.3) is 0 Å². The first-order chi connectivity index (χ1) is 8.29. The quantitative estimate of drug-likeness (QED) is 0.661. The molecule has 2 heterocycles. The molecule has 2 aromatic heterocycles. The molecule has 1 amide bonds. The molecule has 2 rings (SSSR count). The molecule has 8 nitrogen and oxygen atoms in total. The minimum Gasteiger partial charge on any atom is -0.373 e. The van der Waals surface area contributed by atoms with E-state index in [4.69, 9.17) is 0 Å². The predicted molar refractivity (Wildman–Crippen MR) is 59.1 cm³/mol. The monoisotopic (exact) mass is 233 g/mol. The lowest BCUT2D eigenvalue weighted by Crippen LogP contribution is -2.23. The zero-order valence-corrected chi connectivity index (χ0v) is 9.14. The Balaban J connectivity index is 1.95. The molecule has 0 bridgehead atoms. The van der Waals surface area contributed by atoms with Gasteiger partial charge in [0, 0.05) is 13.2 Å². The van der Waals surface area contributed by atoms with Crippen LogP contribution in [0.15, 0.2) is 18.3 Å². The van der Waals surface area contributed by atoms with E-state index < -0.39 is 0 Å². The first-order valence-corrected chi connectivity index (χ1v) is 4.94. The molecule has 0 aromatic carbocycles. The van der Waals surface area contributed by atoms with E-state index in [1.54, 1.807) is 19.2 Å². The highest BCUT2D eigenvalue weighted by molar-refractivity contribution is 5.93. The number of amides is 1. The Kier molecular flexibility index (Phi) is 3.24. The molecule has 0 aliphatic carbocycles. The number of rotatable bonds is 4. The van der Waals surface area contributed by atoms with E-state index in [0.29, 0.717) is 17.2 Å². The van der Waals surface area contributed by atoms with Crippen LogP contribution in [0.4, 0.5) is 5.82 Å². The average molecular weight is 233 g/mol. The van der Waals surface area contributed by atoms with Gasteiger partial charge in [-0.3, -0.25) is 4.79 Å². The number of pyridine rings is 1. The van der Waals surface area contributed by atoms with Crippen LogP contribution in [-0.4, -0.2) is 38.6 Å². The van der Waals surface area contributed by atoms with Gasteiger partial charge in [0.2, 0.25) is 0 Å². The van der Waals surface area contributed by atoms with Crippen molar-refractivity contribution in [3.8, 4) is 0 Å². The van der Waals surface area contributed by atoms with Gasteiger partial charge in [-0.2, -0.15) is 5.21 Å². The maximum absolute atomic E-state index is 11.7. The second kappa shape index (κ2) is 5.01. The molecule has 2 aromatic rings. The maximum atomic E-state index is 11.7. The zero-order valence-electron chi connectivity index (χ0n) is 9.14. The normalized spacial score (nSPS) is 9.94. The number of nitrogens with zero attached hydrogens (tertiary/aromatic N) is 4. The maximum Gasteiger partial charge on any atom is 0.253 e. The molecule has 0 radical (unpaired) electrons. The Morgan fingerprint density at radius 1 is 1.47 bits per heavy atom. The van der Waals surface area contributed by atoms with Gasteiger partial charge in [-0.05, 0) is 12.1 Å². The van der Waals surface area contributed by atoms with Crippen molar-refractivity contribution in [3.05, 3.63) is 29.7 Å². The third-order valence-corrected chi connectivity index (χ3v) is 2.08. The predicted octanol–water partition coefficient (Wildman–Crippen LogP) is -0.434. The van der Waals surface area contributed by atoms with Crippen LogP contribution < -0.4 is 10.6 Å². The summed E-state index contributed by atoms with van der Waals surface area (Å²) in [6.45, 7) is 0.225. The van der Waals surface area contributed by atoms with Crippen molar-refractivity contribution in [1.82, 2.24) is 30.9 Å². The Labute approximate surface area is 96.8 Å². The van der Waals surface area contributed by atoms with Crippen LogP contribution in [0.3, 0.4) is 0 Å². The lowest BCUT2D eigenvalue weighted by molar-refractivity contribution is 0.0949. The van der Waals surface area contributed by atoms with Crippen molar-refractivity contribution < 1.29 is 4.79 Å². The van der Waals surface area contributed by atoms with E-state index >= 15 is 0 Å². The molecule has 3 N–H and O–H groups in total. The van der Waals surface area contributed by atoms with Gasteiger partial charge in [-0.25, -0.2) is 4.98 Å². The largest absolute Gasteiger partial charge is 0.373 e. The van der Waals surface area contributed by atoms with Gasteiger partial charge < -0.3 is 10.6 Å². The van der Waals surface area contributed by atoms with E-state index in [2.05, 4.69) is 36.2 Å². The molecule has 0 unspecified atom stereocenters. The number of aromatic nitrogens is 5. The molecular formula is C9H11N7O. The molecular weight excluding hydrogens is 222 g/mol. The summed E-state index contributed by atoms with van der Waals surface area (Å²) in [5, 5.41) is 18.7. The average Bonchev–Trinajstić information content (AvgIpc) is 2.89. The van der Waals surface area contributed by atoms with Gasteiger partial charge in [0.25, 0.3) is 5.91 Å². The fraction of sp³-hybridized carbons (Fsp3) is 0.222. The number of H-pyrrole nitrogens is 1. The van der Waals surface area contributed by atoms with Crippen molar-refractivity contribution in [2.24, 2.45) is 0 Å². The van der Waals surface area contributed by atoms with Crippen molar-refractivity contribution in [1.29, 1.82) is 0 Å². The molecule has 0 saturated heterocycles. The van der Waals surface area contributed by atoms with Crippen LogP contribution >= 0.6 is 0 Å². The van der Waals surface area contributed by atoms with Crippen molar-refractivity contribution >= 4 is 11.7 Å². The first-order valence-electron chi connectivity index (χ1n) is 4.94. The molecule has 0 fully saturated rings. The van der Waals surface area contributed by atoms with Crippen molar-refractivity contribution in [3.63, 3.8) is 0 Å².